The molecule has 1 N–H and O–H groups in total. The topological polar surface area (TPSA) is 49.4 Å². The Hall–Kier alpha value is -1.55. The second-order valence-corrected chi connectivity index (χ2v) is 5.74. The highest BCUT2D eigenvalue weighted by molar-refractivity contribution is 6.31. The summed E-state index contributed by atoms with van der Waals surface area (Å²) in [6.45, 7) is 4.29. The van der Waals surface area contributed by atoms with Crippen molar-refractivity contribution in [3.05, 3.63) is 34.9 Å². The second-order valence-electron chi connectivity index (χ2n) is 5.33. The van der Waals surface area contributed by atoms with Crippen LogP contribution in [0.1, 0.15) is 38.7 Å². The van der Waals surface area contributed by atoms with Gasteiger partial charge in [-0.2, -0.15) is 0 Å². The quantitative estimate of drug-likeness (QED) is 0.909. The van der Waals surface area contributed by atoms with E-state index in [2.05, 4.69) is 5.32 Å². The van der Waals surface area contributed by atoms with Gasteiger partial charge in [0.1, 0.15) is 12.1 Å². The number of hydrogen-bond donors (Lipinski definition) is 1. The van der Waals surface area contributed by atoms with Crippen molar-refractivity contribution in [1.82, 2.24) is 10.2 Å². The Balaban J connectivity index is 2.27. The Morgan fingerprint density at radius 2 is 1.95 bits per heavy atom. The van der Waals surface area contributed by atoms with Gasteiger partial charge in [-0.25, -0.2) is 0 Å². The molecule has 5 heteroatoms. The van der Waals surface area contributed by atoms with E-state index in [4.69, 9.17) is 11.6 Å². The highest BCUT2D eigenvalue weighted by Crippen LogP contribution is 2.23. The molecule has 0 aliphatic carbocycles. The maximum atomic E-state index is 12.6. The first-order valence-corrected chi connectivity index (χ1v) is 7.80. The number of halogens is 1. The number of nitrogens with zero attached hydrogens (tertiary/aromatic N) is 1. The number of carbonyl (C=O) groups excluding carboxylic acids is 2. The lowest BCUT2D eigenvalue weighted by atomic mass is 10.0. The summed E-state index contributed by atoms with van der Waals surface area (Å²) in [5.41, 5.74) is 0.873. The van der Waals surface area contributed by atoms with Crippen molar-refractivity contribution in [3.63, 3.8) is 0 Å². The standard InChI is InChI=1S/C16H21ClN2O2/c1-3-7-14-15(20)18-13(4-2)16(21)19(14)10-11-8-5-6-9-12(11)17/h5-6,8-9,13-14H,3-4,7,10H2,1-2H3,(H,18,20). The molecule has 0 bridgehead atoms. The Kier molecular flexibility index (Phi) is 5.23. The summed E-state index contributed by atoms with van der Waals surface area (Å²) in [4.78, 5) is 26.5. The van der Waals surface area contributed by atoms with Crippen LogP contribution in [0, 0.1) is 0 Å². The van der Waals surface area contributed by atoms with Crippen LogP contribution in [0.4, 0.5) is 0 Å². The molecule has 0 aromatic heterocycles. The van der Waals surface area contributed by atoms with Gasteiger partial charge in [-0.15, -0.1) is 0 Å². The zero-order valence-corrected chi connectivity index (χ0v) is 13.2. The maximum absolute atomic E-state index is 12.6. The molecule has 2 atom stereocenters. The fourth-order valence-corrected chi connectivity index (χ4v) is 2.86. The molecule has 114 valence electrons. The molecule has 1 aromatic rings. The maximum Gasteiger partial charge on any atom is 0.246 e. The van der Waals surface area contributed by atoms with Crippen LogP contribution in [-0.4, -0.2) is 28.8 Å². The molecule has 21 heavy (non-hydrogen) atoms. The summed E-state index contributed by atoms with van der Waals surface area (Å²) in [6.07, 6.45) is 2.11. The first kappa shape index (κ1) is 15.8. The van der Waals surface area contributed by atoms with E-state index < -0.39 is 12.1 Å². The minimum atomic E-state index is -0.423. The monoisotopic (exact) mass is 308 g/mol. The van der Waals surface area contributed by atoms with Crippen molar-refractivity contribution in [3.8, 4) is 0 Å². The molecule has 4 nitrogen and oxygen atoms in total. The molecule has 1 aliphatic heterocycles. The molecule has 0 radical (unpaired) electrons. The number of nitrogens with one attached hydrogen (secondary N) is 1. The Bertz CT molecular complexity index is 533. The van der Waals surface area contributed by atoms with Crippen molar-refractivity contribution in [1.29, 1.82) is 0 Å². The summed E-state index contributed by atoms with van der Waals surface area (Å²) < 4.78 is 0. The fourth-order valence-electron chi connectivity index (χ4n) is 2.66. The lowest BCUT2D eigenvalue weighted by molar-refractivity contribution is -0.150. The first-order valence-electron chi connectivity index (χ1n) is 7.42. The summed E-state index contributed by atoms with van der Waals surface area (Å²) >= 11 is 6.18. The van der Waals surface area contributed by atoms with Crippen LogP contribution in [-0.2, 0) is 16.1 Å². The van der Waals surface area contributed by atoms with Crippen LogP contribution < -0.4 is 5.32 Å². The Morgan fingerprint density at radius 1 is 1.24 bits per heavy atom. The largest absolute Gasteiger partial charge is 0.343 e. The third-order valence-electron chi connectivity index (χ3n) is 3.85. The molecular weight excluding hydrogens is 288 g/mol. The molecule has 1 fully saturated rings. The molecule has 0 saturated carbocycles. The number of benzene rings is 1. The minimum Gasteiger partial charge on any atom is -0.343 e. The molecule has 1 saturated heterocycles. The normalized spacial score (nSPS) is 22.3. The predicted octanol–water partition coefficient (Wildman–Crippen LogP) is 2.75. The number of piperazine rings is 1. The lowest BCUT2D eigenvalue weighted by Gasteiger charge is -2.39. The zero-order chi connectivity index (χ0) is 15.4. The van der Waals surface area contributed by atoms with E-state index in [-0.39, 0.29) is 11.8 Å². The van der Waals surface area contributed by atoms with Crippen molar-refractivity contribution in [2.75, 3.05) is 0 Å². The van der Waals surface area contributed by atoms with E-state index in [0.717, 1.165) is 12.0 Å². The van der Waals surface area contributed by atoms with E-state index in [1.165, 1.54) is 0 Å². The highest BCUT2D eigenvalue weighted by Gasteiger charge is 2.39. The Labute approximate surface area is 130 Å². The number of amides is 2. The average Bonchev–Trinajstić information content (AvgIpc) is 2.48. The van der Waals surface area contributed by atoms with E-state index in [1.54, 1.807) is 11.0 Å². The van der Waals surface area contributed by atoms with Gasteiger partial charge in [0.05, 0.1) is 0 Å². The fraction of sp³-hybridized carbons (Fsp3) is 0.500. The van der Waals surface area contributed by atoms with Gasteiger partial charge in [-0.3, -0.25) is 9.59 Å². The van der Waals surface area contributed by atoms with E-state index in [9.17, 15) is 9.59 Å². The Morgan fingerprint density at radius 3 is 2.57 bits per heavy atom. The third kappa shape index (κ3) is 3.38. The molecule has 1 aromatic carbocycles. The van der Waals surface area contributed by atoms with Crippen molar-refractivity contribution >= 4 is 23.4 Å². The smallest absolute Gasteiger partial charge is 0.246 e. The van der Waals surface area contributed by atoms with Crippen LogP contribution in [0.15, 0.2) is 24.3 Å². The molecule has 1 aliphatic rings. The van der Waals surface area contributed by atoms with Gasteiger partial charge in [-0.1, -0.05) is 50.1 Å². The summed E-state index contributed by atoms with van der Waals surface area (Å²) in [5, 5.41) is 3.44. The lowest BCUT2D eigenvalue weighted by Crippen LogP contribution is -2.62. The number of hydrogen-bond acceptors (Lipinski definition) is 2. The minimum absolute atomic E-state index is 0.0181. The number of carbonyl (C=O) groups is 2. The van der Waals surface area contributed by atoms with Crippen LogP contribution in [0.3, 0.4) is 0 Å². The van der Waals surface area contributed by atoms with Gasteiger partial charge in [0.2, 0.25) is 11.8 Å². The molecular formula is C16H21ClN2O2. The van der Waals surface area contributed by atoms with Crippen LogP contribution in [0.25, 0.3) is 0 Å². The van der Waals surface area contributed by atoms with Crippen molar-refractivity contribution < 1.29 is 9.59 Å². The van der Waals surface area contributed by atoms with Crippen LogP contribution in [0.5, 0.6) is 0 Å². The first-order chi connectivity index (χ1) is 10.1. The van der Waals surface area contributed by atoms with Gasteiger partial charge >= 0.3 is 0 Å². The van der Waals surface area contributed by atoms with Crippen molar-refractivity contribution in [2.24, 2.45) is 0 Å². The summed E-state index contributed by atoms with van der Waals surface area (Å²) in [5.74, 6) is -0.0779. The van der Waals surface area contributed by atoms with E-state index >= 15 is 0 Å². The van der Waals surface area contributed by atoms with Crippen molar-refractivity contribution in [2.45, 2.75) is 51.7 Å². The van der Waals surface area contributed by atoms with Gasteiger partial charge < -0.3 is 10.2 Å². The second kappa shape index (κ2) is 6.94. The van der Waals surface area contributed by atoms with Gasteiger partial charge in [-0.05, 0) is 24.5 Å². The van der Waals surface area contributed by atoms with Gasteiger partial charge in [0.25, 0.3) is 0 Å². The van der Waals surface area contributed by atoms with E-state index in [0.29, 0.717) is 24.4 Å². The summed E-state index contributed by atoms with van der Waals surface area (Å²) in [7, 11) is 0. The van der Waals surface area contributed by atoms with E-state index in [1.807, 2.05) is 32.0 Å². The van der Waals surface area contributed by atoms with Gasteiger partial charge in [0.15, 0.2) is 0 Å². The van der Waals surface area contributed by atoms with Gasteiger partial charge in [0, 0.05) is 11.6 Å². The summed E-state index contributed by atoms with van der Waals surface area (Å²) in [6, 6.07) is 6.62. The third-order valence-corrected chi connectivity index (χ3v) is 4.21. The highest BCUT2D eigenvalue weighted by atomic mass is 35.5. The SMILES string of the molecule is CCCC1C(=O)NC(CC)C(=O)N1Cc1ccccc1Cl. The molecule has 2 unspecified atom stereocenters. The molecule has 2 rings (SSSR count). The van der Waals surface area contributed by atoms with Crippen LogP contribution in [0.2, 0.25) is 5.02 Å². The molecule has 2 amide bonds. The van der Waals surface area contributed by atoms with Crippen LogP contribution >= 0.6 is 11.6 Å². The molecule has 1 heterocycles. The number of rotatable bonds is 5. The average molecular weight is 309 g/mol. The molecule has 0 spiro atoms. The predicted molar refractivity (Wildman–Crippen MR) is 82.9 cm³/mol. The zero-order valence-electron chi connectivity index (χ0n) is 12.4.